The van der Waals surface area contributed by atoms with Crippen LogP contribution in [0.4, 0.5) is 0 Å². The van der Waals surface area contributed by atoms with E-state index in [1.54, 1.807) is 80.9 Å². The second-order valence-electron chi connectivity index (χ2n) is 18.2. The number of ketones is 3. The second-order valence-corrected chi connectivity index (χ2v) is 18.2. The molecule has 0 bridgehead atoms. The Morgan fingerprint density at radius 3 is 1.51 bits per heavy atom. The van der Waals surface area contributed by atoms with E-state index < -0.39 is 65.8 Å². The van der Waals surface area contributed by atoms with Gasteiger partial charge in [-0.25, -0.2) is 0 Å². The number of Topliss-reactive ketones (excluding diaryl/α,β-unsaturated/α-hetero) is 3. The van der Waals surface area contributed by atoms with Gasteiger partial charge in [0.2, 0.25) is 11.8 Å². The van der Waals surface area contributed by atoms with Crippen LogP contribution >= 0.6 is 0 Å². The number of hydrogen-bond acceptors (Lipinski definition) is 16. The third-order valence-corrected chi connectivity index (χ3v) is 11.7. The summed E-state index contributed by atoms with van der Waals surface area (Å²) in [7, 11) is 3.19. The van der Waals surface area contributed by atoms with E-state index in [4.69, 9.17) is 38.9 Å². The average molecular weight is 1070 g/mol. The largest absolute Gasteiger partial charge is 0.461 e. The Labute approximate surface area is 452 Å². The van der Waals surface area contributed by atoms with E-state index in [1.165, 1.54) is 13.8 Å². The number of nitrogens with one attached hydrogen (secondary N) is 2. The van der Waals surface area contributed by atoms with Gasteiger partial charge >= 0.3 is 17.9 Å². The zero-order valence-electron chi connectivity index (χ0n) is 44.9. The van der Waals surface area contributed by atoms with E-state index in [0.717, 1.165) is 11.1 Å². The number of carbonyl (C=O) groups excluding carboxylic acids is 8. The Morgan fingerprint density at radius 2 is 0.987 bits per heavy atom. The van der Waals surface area contributed by atoms with E-state index >= 15 is 0 Å². The molecular formula is C59H77N3O15. The minimum Gasteiger partial charge on any atom is -0.461 e. The minimum atomic E-state index is -1.18. The van der Waals surface area contributed by atoms with E-state index in [2.05, 4.69) is 10.6 Å². The first-order valence-electron chi connectivity index (χ1n) is 25.9. The van der Waals surface area contributed by atoms with Crippen LogP contribution in [0.15, 0.2) is 115 Å². The van der Waals surface area contributed by atoms with Crippen molar-refractivity contribution in [2.24, 2.45) is 17.6 Å². The summed E-state index contributed by atoms with van der Waals surface area (Å²) in [5.41, 5.74) is 8.07. The minimum absolute atomic E-state index is 0.00927. The lowest BCUT2D eigenvalue weighted by Crippen LogP contribution is -2.48. The van der Waals surface area contributed by atoms with Gasteiger partial charge in [-0.1, -0.05) is 103 Å². The Hall–Kier alpha value is -6.96. The molecule has 0 unspecified atom stereocenters. The molecular weight excluding hydrogens is 991 g/mol. The molecule has 0 aliphatic carbocycles. The van der Waals surface area contributed by atoms with Crippen LogP contribution in [-0.2, 0) is 92.8 Å². The first-order valence-corrected chi connectivity index (χ1v) is 25.9. The molecule has 4 aromatic rings. The summed E-state index contributed by atoms with van der Waals surface area (Å²) in [6.45, 7) is 6.13. The second kappa shape index (κ2) is 38.6. The molecule has 0 saturated heterocycles. The van der Waals surface area contributed by atoms with Gasteiger partial charge in [0.15, 0.2) is 11.6 Å². The highest BCUT2D eigenvalue weighted by molar-refractivity contribution is 5.95. The molecule has 77 heavy (non-hydrogen) atoms. The van der Waals surface area contributed by atoms with Crippen LogP contribution in [0, 0.1) is 11.8 Å². The number of esters is 3. The van der Waals surface area contributed by atoms with Crippen LogP contribution in [0.5, 0.6) is 5.75 Å². The molecule has 4 rings (SSSR count). The summed E-state index contributed by atoms with van der Waals surface area (Å²) >= 11 is 0. The van der Waals surface area contributed by atoms with Crippen molar-refractivity contribution < 1.29 is 71.5 Å². The molecule has 18 heteroatoms. The van der Waals surface area contributed by atoms with E-state index in [9.17, 15) is 38.4 Å². The number of carbonyl (C=O) groups is 8. The molecule has 4 N–H and O–H groups in total. The molecule has 0 aliphatic heterocycles. The Morgan fingerprint density at radius 1 is 0.494 bits per heavy atom. The van der Waals surface area contributed by atoms with Crippen molar-refractivity contribution >= 4 is 47.1 Å². The number of ether oxygens (including phenoxy) is 7. The van der Waals surface area contributed by atoms with Crippen LogP contribution in [0.25, 0.3) is 0 Å². The molecule has 4 aromatic carbocycles. The Kier molecular flexibility index (Phi) is 32.2. The normalized spacial score (nSPS) is 12.3. The molecule has 418 valence electrons. The maximum atomic E-state index is 14.6. The number of amides is 2. The average Bonchev–Trinajstić information content (AvgIpc) is 3.42. The third-order valence-electron chi connectivity index (χ3n) is 11.7. The number of benzene rings is 4. The van der Waals surface area contributed by atoms with Crippen LogP contribution in [-0.4, -0.2) is 120 Å². The van der Waals surface area contributed by atoms with Crippen molar-refractivity contribution in [2.45, 2.75) is 103 Å². The smallest absolute Gasteiger partial charge is 0.308 e. The number of hydrogen-bond donors (Lipinski definition) is 3. The first-order chi connectivity index (χ1) is 37.2. The predicted molar refractivity (Wildman–Crippen MR) is 287 cm³/mol. The summed E-state index contributed by atoms with van der Waals surface area (Å²) in [5.74, 6) is -5.86. The summed E-state index contributed by atoms with van der Waals surface area (Å²) in [4.78, 5) is 107. The number of methoxy groups -OCH3 is 2. The van der Waals surface area contributed by atoms with Gasteiger partial charge in [0.1, 0.15) is 24.7 Å². The maximum Gasteiger partial charge on any atom is 0.308 e. The van der Waals surface area contributed by atoms with Crippen molar-refractivity contribution in [3.05, 3.63) is 138 Å². The fourth-order valence-electron chi connectivity index (χ4n) is 7.72. The predicted octanol–water partition coefficient (Wildman–Crippen LogP) is 6.21. The van der Waals surface area contributed by atoms with Gasteiger partial charge in [-0.3, -0.25) is 33.6 Å². The van der Waals surface area contributed by atoms with Gasteiger partial charge in [0.25, 0.3) is 0 Å². The van der Waals surface area contributed by atoms with Gasteiger partial charge in [-0.05, 0) is 73.4 Å². The zero-order chi connectivity index (χ0) is 56.0. The van der Waals surface area contributed by atoms with Crippen molar-refractivity contribution in [3.63, 3.8) is 0 Å². The summed E-state index contributed by atoms with van der Waals surface area (Å²) < 4.78 is 36.3. The maximum absolute atomic E-state index is 14.6. The summed E-state index contributed by atoms with van der Waals surface area (Å²) in [6, 6.07) is 31.3. The van der Waals surface area contributed by atoms with E-state index in [1.807, 2.05) is 48.5 Å². The lowest BCUT2D eigenvalue weighted by Gasteiger charge is -2.25. The summed E-state index contributed by atoms with van der Waals surface area (Å²) in [6.07, 6.45) is -0.778. The summed E-state index contributed by atoms with van der Waals surface area (Å²) in [5, 5.41) is 5.67. The van der Waals surface area contributed by atoms with Gasteiger partial charge < -0.3 is 54.3 Å². The fraction of sp³-hybridized carbons (Fsp3) is 0.458. The molecule has 0 fully saturated rings. The van der Waals surface area contributed by atoms with Gasteiger partial charge in [-0.15, -0.1) is 0 Å². The molecule has 18 nitrogen and oxygen atoms in total. The van der Waals surface area contributed by atoms with Crippen LogP contribution in [0.3, 0.4) is 0 Å². The van der Waals surface area contributed by atoms with Crippen molar-refractivity contribution in [1.29, 1.82) is 0 Å². The monoisotopic (exact) mass is 1070 g/mol. The zero-order valence-corrected chi connectivity index (χ0v) is 44.9. The van der Waals surface area contributed by atoms with E-state index in [0.29, 0.717) is 62.9 Å². The highest BCUT2D eigenvalue weighted by Crippen LogP contribution is 2.21. The van der Waals surface area contributed by atoms with Crippen LogP contribution in [0.2, 0.25) is 0 Å². The van der Waals surface area contributed by atoms with Crippen LogP contribution in [0.1, 0.15) is 87.5 Å². The molecule has 0 heterocycles. The topological polar surface area (TPSA) is 251 Å². The van der Waals surface area contributed by atoms with Crippen LogP contribution < -0.4 is 21.1 Å². The quantitative estimate of drug-likeness (QED) is 0.0258. The lowest BCUT2D eigenvalue weighted by molar-refractivity contribution is -0.147. The number of nitrogens with two attached hydrogens (primary N) is 1. The lowest BCUT2D eigenvalue weighted by atomic mass is 9.89. The fourth-order valence-corrected chi connectivity index (χ4v) is 7.72. The number of rotatable bonds is 37. The Bertz CT molecular complexity index is 2360. The third kappa shape index (κ3) is 28.7. The highest BCUT2D eigenvalue weighted by Gasteiger charge is 2.33. The first kappa shape index (κ1) is 64.3. The van der Waals surface area contributed by atoms with Gasteiger partial charge in [0, 0.05) is 78.2 Å². The molecule has 0 saturated carbocycles. The molecule has 0 aliphatic rings. The standard InChI is InChI=1S/C54H64N2O13.C5H13NO2/c1-38(57)32-45(33-41-21-24-46(25-22-41)69-39(2)58)54(64)56-48(34-40-14-7-4-8-15-40)50(60)35-44(23-27-51(61)67-36-42-16-9-5-10-17-42)53(63)55-47(49(59)20-13-29-66-31-30-65-3)26-28-52(62)68-37-43-18-11-6-12-19-43;1-7-4-5-8-3-2-6/h4-12,14-19,21-22,24-25,44-45,47-48H,13,20,23,26-37H2,1-3H3,(H,55,63)(H,56,64);2-6H2,1H3/t44-,45+,47+,48+;/m0./s1. The Balaban J connectivity index is 0.00000180. The SMILES string of the molecule is COCCOCCCC(=O)[C@@H](CCC(=O)OCc1ccccc1)NC(=O)[C@@H](CCC(=O)OCc1ccccc1)CC(=O)[C@@H](Cc1ccccc1)NC(=O)[C@H](CC(C)=O)Cc1ccc(OC(C)=O)cc1.COCCOCCN. The molecule has 0 radical (unpaired) electrons. The molecule has 0 aromatic heterocycles. The molecule has 0 spiro atoms. The van der Waals surface area contributed by atoms with Gasteiger partial charge in [0.05, 0.1) is 45.1 Å². The molecule has 4 atom stereocenters. The molecule has 2 amide bonds. The highest BCUT2D eigenvalue weighted by atomic mass is 16.5. The van der Waals surface area contributed by atoms with Crippen molar-refractivity contribution in [1.82, 2.24) is 10.6 Å². The van der Waals surface area contributed by atoms with Crippen molar-refractivity contribution in [2.75, 3.05) is 60.4 Å². The van der Waals surface area contributed by atoms with Gasteiger partial charge in [-0.2, -0.15) is 0 Å². The van der Waals surface area contributed by atoms with Crippen molar-refractivity contribution in [3.8, 4) is 5.75 Å². The van der Waals surface area contributed by atoms with E-state index in [-0.39, 0.29) is 82.8 Å².